The zero-order valence-corrected chi connectivity index (χ0v) is 14.3. The van der Waals surface area contributed by atoms with Gasteiger partial charge in [0.15, 0.2) is 0 Å². The number of hydrogen-bond donors (Lipinski definition) is 1. The third-order valence-electron chi connectivity index (χ3n) is 3.05. The Morgan fingerprint density at radius 3 is 2.25 bits per heavy atom. The Morgan fingerprint density at radius 2 is 1.62 bits per heavy atom. The average molecular weight is 341 g/mol. The fourth-order valence-corrected chi connectivity index (χ4v) is 2.11. The number of ether oxygens (including phenoxy) is 1. The van der Waals surface area contributed by atoms with Crippen LogP contribution in [0.15, 0.2) is 64.8 Å². The summed E-state index contributed by atoms with van der Waals surface area (Å²) in [6, 6.07) is 17.0. The molecule has 2 rings (SSSR count). The highest BCUT2D eigenvalue weighted by molar-refractivity contribution is 7.80. The number of thiocarbonyl (C=S) groups is 1. The molecule has 24 heavy (non-hydrogen) atoms. The predicted molar refractivity (Wildman–Crippen MR) is 99.1 cm³/mol. The number of nitrogens with zero attached hydrogens (tertiary/aromatic N) is 2. The van der Waals surface area contributed by atoms with Gasteiger partial charge in [-0.3, -0.25) is 4.79 Å². The van der Waals surface area contributed by atoms with Gasteiger partial charge in [-0.05, 0) is 43.3 Å². The minimum atomic E-state index is -0.238. The van der Waals surface area contributed by atoms with Crippen molar-refractivity contribution in [3.8, 4) is 0 Å². The summed E-state index contributed by atoms with van der Waals surface area (Å²) in [5, 5.41) is 11.4. The molecule has 5 nitrogen and oxygen atoms in total. The Hall–Kier alpha value is -2.60. The van der Waals surface area contributed by atoms with Crippen molar-refractivity contribution in [1.29, 1.82) is 0 Å². The van der Waals surface area contributed by atoms with Crippen molar-refractivity contribution >= 4 is 40.2 Å². The van der Waals surface area contributed by atoms with E-state index in [1.807, 2.05) is 54.6 Å². The van der Waals surface area contributed by atoms with Gasteiger partial charge in [0, 0.05) is 12.1 Å². The Bertz CT molecular complexity index is 700. The molecule has 0 spiro atoms. The summed E-state index contributed by atoms with van der Waals surface area (Å²) in [5.41, 5.74) is 2.41. The second kappa shape index (κ2) is 9.52. The number of hydrogen-bond acceptors (Lipinski definition) is 5. The first-order valence-corrected chi connectivity index (χ1v) is 8.10. The first kappa shape index (κ1) is 17.7. The SMILES string of the molecule is CCOC(=O)CCC(=S)Nc1ccc(N=Nc2ccccc2)cc1. The maximum absolute atomic E-state index is 11.3. The largest absolute Gasteiger partial charge is 0.466 e. The van der Waals surface area contributed by atoms with E-state index in [4.69, 9.17) is 17.0 Å². The van der Waals surface area contributed by atoms with E-state index in [1.54, 1.807) is 6.92 Å². The Morgan fingerprint density at radius 1 is 1.00 bits per heavy atom. The van der Waals surface area contributed by atoms with Crippen LogP contribution in [-0.4, -0.2) is 17.6 Å². The maximum Gasteiger partial charge on any atom is 0.306 e. The summed E-state index contributed by atoms with van der Waals surface area (Å²) in [6.45, 7) is 2.17. The topological polar surface area (TPSA) is 63.0 Å². The van der Waals surface area contributed by atoms with Crippen LogP contribution >= 0.6 is 12.2 Å². The van der Waals surface area contributed by atoms with E-state index in [1.165, 1.54) is 0 Å². The lowest BCUT2D eigenvalue weighted by atomic mass is 10.2. The molecule has 0 aromatic heterocycles. The van der Waals surface area contributed by atoms with Crippen LogP contribution in [0, 0.1) is 0 Å². The molecule has 0 atom stereocenters. The van der Waals surface area contributed by atoms with Crippen molar-refractivity contribution < 1.29 is 9.53 Å². The monoisotopic (exact) mass is 341 g/mol. The van der Waals surface area contributed by atoms with Crippen LogP contribution in [0.25, 0.3) is 0 Å². The lowest BCUT2D eigenvalue weighted by Gasteiger charge is -2.07. The molecular weight excluding hydrogens is 322 g/mol. The third-order valence-corrected chi connectivity index (χ3v) is 3.36. The van der Waals surface area contributed by atoms with Gasteiger partial charge in [0.25, 0.3) is 0 Å². The van der Waals surface area contributed by atoms with Crippen LogP contribution in [0.5, 0.6) is 0 Å². The summed E-state index contributed by atoms with van der Waals surface area (Å²) in [7, 11) is 0. The van der Waals surface area contributed by atoms with Crippen LogP contribution < -0.4 is 5.32 Å². The zero-order valence-electron chi connectivity index (χ0n) is 13.4. The van der Waals surface area contributed by atoms with Crippen LogP contribution in [0.3, 0.4) is 0 Å². The van der Waals surface area contributed by atoms with Crippen LogP contribution in [0.1, 0.15) is 19.8 Å². The molecule has 0 saturated heterocycles. The van der Waals surface area contributed by atoms with Crippen molar-refractivity contribution in [1.82, 2.24) is 0 Å². The molecule has 6 heteroatoms. The molecule has 0 aliphatic rings. The van der Waals surface area contributed by atoms with Gasteiger partial charge in [-0.25, -0.2) is 0 Å². The van der Waals surface area contributed by atoms with E-state index < -0.39 is 0 Å². The fraction of sp³-hybridized carbons (Fsp3) is 0.222. The number of rotatable bonds is 7. The molecule has 0 aliphatic heterocycles. The van der Waals surface area contributed by atoms with Gasteiger partial charge in [-0.2, -0.15) is 10.2 Å². The second-order valence-electron chi connectivity index (χ2n) is 4.94. The van der Waals surface area contributed by atoms with Crippen molar-refractivity contribution in [2.24, 2.45) is 10.2 Å². The summed E-state index contributed by atoms with van der Waals surface area (Å²) in [6.07, 6.45) is 0.743. The Balaban J connectivity index is 1.84. The van der Waals surface area contributed by atoms with E-state index >= 15 is 0 Å². The Kier molecular flexibility index (Phi) is 7.04. The van der Waals surface area contributed by atoms with E-state index in [-0.39, 0.29) is 12.4 Å². The molecule has 0 saturated carbocycles. The fourth-order valence-electron chi connectivity index (χ4n) is 1.89. The quantitative estimate of drug-likeness (QED) is 0.428. The molecule has 2 aromatic carbocycles. The second-order valence-corrected chi connectivity index (χ2v) is 5.43. The third kappa shape index (κ3) is 6.26. The van der Waals surface area contributed by atoms with Gasteiger partial charge in [-0.1, -0.05) is 30.4 Å². The highest BCUT2D eigenvalue weighted by Gasteiger charge is 2.05. The smallest absolute Gasteiger partial charge is 0.306 e. The number of carbonyl (C=O) groups excluding carboxylic acids is 1. The zero-order chi connectivity index (χ0) is 17.2. The molecule has 0 aliphatic carbocycles. The molecule has 0 fully saturated rings. The van der Waals surface area contributed by atoms with Crippen molar-refractivity contribution in [3.05, 3.63) is 54.6 Å². The molecule has 1 N–H and O–H groups in total. The normalized spacial score (nSPS) is 10.5. The van der Waals surface area contributed by atoms with Gasteiger partial charge in [0.1, 0.15) is 0 Å². The number of azo groups is 1. The molecule has 124 valence electrons. The van der Waals surface area contributed by atoms with Crippen molar-refractivity contribution in [2.75, 3.05) is 11.9 Å². The number of anilines is 1. The van der Waals surface area contributed by atoms with E-state index in [2.05, 4.69) is 15.5 Å². The van der Waals surface area contributed by atoms with Crippen LogP contribution in [0.4, 0.5) is 17.1 Å². The summed E-state index contributed by atoms with van der Waals surface area (Å²) < 4.78 is 4.87. The maximum atomic E-state index is 11.3. The minimum Gasteiger partial charge on any atom is -0.466 e. The first-order chi connectivity index (χ1) is 11.7. The van der Waals surface area contributed by atoms with Gasteiger partial charge >= 0.3 is 5.97 Å². The van der Waals surface area contributed by atoms with Crippen molar-refractivity contribution in [3.63, 3.8) is 0 Å². The lowest BCUT2D eigenvalue weighted by molar-refractivity contribution is -0.142. The van der Waals surface area contributed by atoms with Gasteiger partial charge in [-0.15, -0.1) is 0 Å². The lowest BCUT2D eigenvalue weighted by Crippen LogP contribution is -2.12. The minimum absolute atomic E-state index is 0.238. The van der Waals surface area contributed by atoms with Gasteiger partial charge in [0.2, 0.25) is 0 Å². The van der Waals surface area contributed by atoms with Crippen LogP contribution in [0.2, 0.25) is 0 Å². The molecule has 0 unspecified atom stereocenters. The summed E-state index contributed by atoms with van der Waals surface area (Å²) in [5.74, 6) is -0.238. The number of esters is 1. The molecule has 0 bridgehead atoms. The number of nitrogens with one attached hydrogen (secondary N) is 1. The van der Waals surface area contributed by atoms with Crippen LogP contribution in [-0.2, 0) is 9.53 Å². The number of carbonyl (C=O) groups is 1. The van der Waals surface area contributed by atoms with Gasteiger partial charge in [0.05, 0.1) is 29.4 Å². The Labute approximate surface area is 146 Å². The molecule has 0 radical (unpaired) electrons. The molecule has 2 aromatic rings. The average Bonchev–Trinajstić information content (AvgIpc) is 2.61. The predicted octanol–water partition coefficient (Wildman–Crippen LogP) is 5.18. The number of benzene rings is 2. The highest BCUT2D eigenvalue weighted by Crippen LogP contribution is 2.20. The standard InChI is InChI=1S/C18H19N3O2S/c1-2-23-18(22)13-12-17(24)19-14-8-10-16(11-9-14)21-20-15-6-4-3-5-7-15/h3-11H,2,12-13H2,1H3,(H,19,24). The molecular formula is C18H19N3O2S. The highest BCUT2D eigenvalue weighted by atomic mass is 32.1. The molecule has 0 heterocycles. The summed E-state index contributed by atoms with van der Waals surface area (Å²) >= 11 is 5.23. The van der Waals surface area contributed by atoms with Gasteiger partial charge < -0.3 is 10.1 Å². The first-order valence-electron chi connectivity index (χ1n) is 7.69. The molecule has 0 amide bonds. The summed E-state index contributed by atoms with van der Waals surface area (Å²) in [4.78, 5) is 11.9. The van der Waals surface area contributed by atoms with E-state index in [0.29, 0.717) is 18.0 Å². The van der Waals surface area contributed by atoms with E-state index in [9.17, 15) is 4.79 Å². The van der Waals surface area contributed by atoms with Crippen molar-refractivity contribution in [2.45, 2.75) is 19.8 Å². The van der Waals surface area contributed by atoms with E-state index in [0.717, 1.165) is 17.1 Å².